The number of aliphatic imine (C=N–C) groups is 1. The highest BCUT2D eigenvalue weighted by molar-refractivity contribution is 6.10. The van der Waals surface area contributed by atoms with Crippen molar-refractivity contribution in [3.05, 3.63) is 65.7 Å². The highest BCUT2D eigenvalue weighted by Gasteiger charge is 2.23. The van der Waals surface area contributed by atoms with Gasteiger partial charge < -0.3 is 5.32 Å². The maximum atomic E-state index is 12.3. The van der Waals surface area contributed by atoms with Crippen LogP contribution in [0.15, 0.2) is 59.6 Å². The third kappa shape index (κ3) is 2.48. The highest BCUT2D eigenvalue weighted by atomic mass is 16.2. The Morgan fingerprint density at radius 3 is 2.55 bits per heavy atom. The van der Waals surface area contributed by atoms with E-state index in [1.54, 1.807) is 0 Å². The number of para-hydroxylation sites is 1. The van der Waals surface area contributed by atoms with Gasteiger partial charge in [-0.1, -0.05) is 48.5 Å². The van der Waals surface area contributed by atoms with Gasteiger partial charge in [-0.2, -0.15) is 0 Å². The number of nitrogens with zero attached hydrogens (tertiary/aromatic N) is 1. The molecule has 3 rings (SSSR count). The molecule has 0 unspecified atom stereocenters. The minimum Gasteiger partial charge on any atom is -0.324 e. The maximum Gasteiger partial charge on any atom is 0.249 e. The molecule has 0 bridgehead atoms. The molecule has 3 nitrogen and oxygen atoms in total. The first-order chi connectivity index (χ1) is 9.74. The van der Waals surface area contributed by atoms with Gasteiger partial charge in [-0.15, -0.1) is 0 Å². The predicted molar refractivity (Wildman–Crippen MR) is 81.2 cm³/mol. The summed E-state index contributed by atoms with van der Waals surface area (Å²) in [7, 11) is 0. The van der Waals surface area contributed by atoms with Crippen molar-refractivity contribution in [3.8, 4) is 0 Å². The van der Waals surface area contributed by atoms with Crippen molar-refractivity contribution < 1.29 is 4.79 Å². The zero-order valence-corrected chi connectivity index (χ0v) is 11.3. The number of benzene rings is 2. The Bertz CT molecular complexity index is 662. The van der Waals surface area contributed by atoms with Crippen LogP contribution in [0.5, 0.6) is 0 Å². The van der Waals surface area contributed by atoms with Gasteiger partial charge in [0.15, 0.2) is 0 Å². The largest absolute Gasteiger partial charge is 0.324 e. The van der Waals surface area contributed by atoms with Gasteiger partial charge >= 0.3 is 0 Å². The van der Waals surface area contributed by atoms with Crippen LogP contribution in [0.3, 0.4) is 0 Å². The second-order valence-corrected chi connectivity index (χ2v) is 4.95. The van der Waals surface area contributed by atoms with E-state index in [1.165, 1.54) is 0 Å². The van der Waals surface area contributed by atoms with E-state index in [0.29, 0.717) is 6.42 Å². The molecule has 1 amide bonds. The molecule has 0 radical (unpaired) electrons. The molecule has 1 heterocycles. The molecule has 2 aromatic carbocycles. The van der Waals surface area contributed by atoms with Gasteiger partial charge in [0.25, 0.3) is 0 Å². The zero-order chi connectivity index (χ0) is 13.9. The SMILES string of the molecule is CC1=N[C@@H](Cc2ccccc2)C(=O)Nc2ccccc21. The van der Waals surface area contributed by atoms with Crippen molar-refractivity contribution in [3.63, 3.8) is 0 Å². The summed E-state index contributed by atoms with van der Waals surface area (Å²) >= 11 is 0. The highest BCUT2D eigenvalue weighted by Crippen LogP contribution is 2.21. The van der Waals surface area contributed by atoms with Gasteiger partial charge in [0.2, 0.25) is 5.91 Å². The molecule has 0 saturated carbocycles. The molecule has 0 fully saturated rings. The molecule has 1 N–H and O–H groups in total. The van der Waals surface area contributed by atoms with E-state index in [9.17, 15) is 4.79 Å². The zero-order valence-electron chi connectivity index (χ0n) is 11.3. The first-order valence-corrected chi connectivity index (χ1v) is 6.72. The van der Waals surface area contributed by atoms with Gasteiger partial charge in [0, 0.05) is 23.4 Å². The minimum atomic E-state index is -0.371. The number of benzodiazepines with no additional fused rings is 1. The van der Waals surface area contributed by atoms with E-state index in [1.807, 2.05) is 61.5 Å². The number of carbonyl (C=O) groups excluding carboxylic acids is 1. The van der Waals surface area contributed by atoms with E-state index >= 15 is 0 Å². The van der Waals surface area contributed by atoms with Crippen molar-refractivity contribution in [1.29, 1.82) is 0 Å². The van der Waals surface area contributed by atoms with Crippen molar-refractivity contribution in [1.82, 2.24) is 0 Å². The molecule has 100 valence electrons. The number of carbonyl (C=O) groups is 1. The lowest BCUT2D eigenvalue weighted by Gasteiger charge is -2.10. The van der Waals surface area contributed by atoms with Gasteiger partial charge in [-0.05, 0) is 18.6 Å². The fraction of sp³-hybridized carbons (Fsp3) is 0.176. The van der Waals surface area contributed by atoms with Crippen LogP contribution in [-0.4, -0.2) is 17.7 Å². The second kappa shape index (κ2) is 5.29. The Balaban J connectivity index is 1.92. The van der Waals surface area contributed by atoms with Crippen LogP contribution in [-0.2, 0) is 11.2 Å². The van der Waals surface area contributed by atoms with Crippen LogP contribution >= 0.6 is 0 Å². The summed E-state index contributed by atoms with van der Waals surface area (Å²) in [4.78, 5) is 16.9. The summed E-state index contributed by atoms with van der Waals surface area (Å²) in [5, 5.41) is 2.97. The first-order valence-electron chi connectivity index (χ1n) is 6.72. The number of nitrogens with one attached hydrogen (secondary N) is 1. The Morgan fingerprint density at radius 1 is 1.05 bits per heavy atom. The molecular formula is C17H16N2O. The Hall–Kier alpha value is -2.42. The lowest BCUT2D eigenvalue weighted by Crippen LogP contribution is -2.27. The average molecular weight is 264 g/mol. The van der Waals surface area contributed by atoms with Crippen LogP contribution in [0.25, 0.3) is 0 Å². The number of hydrogen-bond donors (Lipinski definition) is 1. The number of amides is 1. The molecule has 0 spiro atoms. The van der Waals surface area contributed by atoms with Crippen LogP contribution < -0.4 is 5.32 Å². The van der Waals surface area contributed by atoms with Crippen molar-refractivity contribution in [2.75, 3.05) is 5.32 Å². The molecule has 2 aromatic rings. The Labute approximate surface area is 118 Å². The smallest absolute Gasteiger partial charge is 0.249 e. The standard InChI is InChI=1S/C17H16N2O/c1-12-14-9-5-6-10-15(14)19-17(20)16(18-12)11-13-7-3-2-4-8-13/h2-10,16H,11H2,1H3,(H,19,20)/t16-/m0/s1. The molecular weight excluding hydrogens is 248 g/mol. The molecule has 3 heteroatoms. The maximum absolute atomic E-state index is 12.3. The summed E-state index contributed by atoms with van der Waals surface area (Å²) in [6, 6.07) is 17.4. The molecule has 20 heavy (non-hydrogen) atoms. The van der Waals surface area contributed by atoms with Gasteiger partial charge in [-0.25, -0.2) is 0 Å². The van der Waals surface area contributed by atoms with Gasteiger partial charge in [-0.3, -0.25) is 9.79 Å². The summed E-state index contributed by atoms with van der Waals surface area (Å²) in [6.07, 6.45) is 0.623. The normalized spacial score (nSPS) is 17.8. The first kappa shape index (κ1) is 12.6. The number of anilines is 1. The second-order valence-electron chi connectivity index (χ2n) is 4.95. The molecule has 0 aliphatic carbocycles. The molecule has 0 aromatic heterocycles. The van der Waals surface area contributed by atoms with E-state index in [2.05, 4.69) is 10.3 Å². The van der Waals surface area contributed by atoms with Crippen LogP contribution in [0, 0.1) is 0 Å². The monoisotopic (exact) mass is 264 g/mol. The van der Waals surface area contributed by atoms with Crippen molar-refractivity contribution in [2.45, 2.75) is 19.4 Å². The lowest BCUT2D eigenvalue weighted by molar-refractivity contribution is -0.117. The van der Waals surface area contributed by atoms with Crippen LogP contribution in [0.4, 0.5) is 5.69 Å². The van der Waals surface area contributed by atoms with Gasteiger partial charge in [0.1, 0.15) is 6.04 Å². The average Bonchev–Trinajstić information content (AvgIpc) is 2.58. The Kier molecular flexibility index (Phi) is 3.33. The van der Waals surface area contributed by atoms with Gasteiger partial charge in [0.05, 0.1) is 0 Å². The summed E-state index contributed by atoms with van der Waals surface area (Å²) in [5.41, 5.74) is 3.86. The fourth-order valence-corrected chi connectivity index (χ4v) is 2.46. The molecule has 1 aliphatic rings. The van der Waals surface area contributed by atoms with Crippen LogP contribution in [0.2, 0.25) is 0 Å². The summed E-state index contributed by atoms with van der Waals surface area (Å²) in [6.45, 7) is 1.96. The molecule has 1 atom stereocenters. The minimum absolute atomic E-state index is 0.0434. The third-order valence-electron chi connectivity index (χ3n) is 3.50. The third-order valence-corrected chi connectivity index (χ3v) is 3.50. The van der Waals surface area contributed by atoms with E-state index in [4.69, 9.17) is 0 Å². The topological polar surface area (TPSA) is 41.5 Å². The van der Waals surface area contributed by atoms with E-state index < -0.39 is 0 Å². The van der Waals surface area contributed by atoms with Crippen LogP contribution in [0.1, 0.15) is 18.1 Å². The summed E-state index contributed by atoms with van der Waals surface area (Å²) < 4.78 is 0. The quantitative estimate of drug-likeness (QED) is 0.890. The number of fused-ring (bicyclic) bond motifs is 1. The predicted octanol–water partition coefficient (Wildman–Crippen LogP) is 3.06. The molecule has 1 aliphatic heterocycles. The molecule has 0 saturated heterocycles. The van der Waals surface area contributed by atoms with E-state index in [-0.39, 0.29) is 11.9 Å². The fourth-order valence-electron chi connectivity index (χ4n) is 2.46. The Morgan fingerprint density at radius 2 is 1.75 bits per heavy atom. The number of rotatable bonds is 2. The summed E-state index contributed by atoms with van der Waals surface area (Å²) in [5.74, 6) is -0.0434. The number of hydrogen-bond acceptors (Lipinski definition) is 2. The van der Waals surface area contributed by atoms with E-state index in [0.717, 1.165) is 22.5 Å². The lowest BCUT2D eigenvalue weighted by atomic mass is 10.1. The van der Waals surface area contributed by atoms with Crippen molar-refractivity contribution in [2.24, 2.45) is 4.99 Å². The van der Waals surface area contributed by atoms with Crippen molar-refractivity contribution >= 4 is 17.3 Å².